The maximum Gasteiger partial charge on any atom is 0.0547 e. The Bertz CT molecular complexity index is 3220. The lowest BCUT2D eigenvalue weighted by Gasteiger charge is -2.12. The van der Waals surface area contributed by atoms with Crippen LogP contribution < -0.4 is 0 Å². The molecule has 0 aliphatic heterocycles. The van der Waals surface area contributed by atoms with E-state index in [2.05, 4.69) is 228 Å². The van der Waals surface area contributed by atoms with Crippen LogP contribution in [-0.2, 0) is 0 Å². The molecule has 0 fully saturated rings. The Morgan fingerprint density at radius 1 is 0.232 bits per heavy atom. The molecule has 11 aromatic rings. The van der Waals surface area contributed by atoms with Crippen molar-refractivity contribution in [3.63, 3.8) is 0 Å². The van der Waals surface area contributed by atoms with Crippen LogP contribution >= 0.6 is 0 Å². The van der Waals surface area contributed by atoms with Gasteiger partial charge in [0, 0.05) is 32.9 Å². The van der Waals surface area contributed by atoms with E-state index in [1.165, 1.54) is 88.1 Å². The predicted molar refractivity (Wildman–Crippen MR) is 237 cm³/mol. The molecule has 0 saturated heterocycles. The molecule has 2 nitrogen and oxygen atoms in total. The van der Waals surface area contributed by atoms with Crippen molar-refractivity contribution < 1.29 is 0 Å². The highest BCUT2D eigenvalue weighted by atomic mass is 15.0. The minimum absolute atomic E-state index is 1.14. The summed E-state index contributed by atoms with van der Waals surface area (Å²) in [5, 5.41) is 5.00. The molecule has 0 unspecified atom stereocenters. The summed E-state index contributed by atoms with van der Waals surface area (Å²) in [6, 6.07) is 79.4. The number of benzene rings is 9. The first kappa shape index (κ1) is 32.0. The standard InChI is InChI=1S/C54H36N2/c1-3-14-37(15-4-1)39-28-30-40(31-29-39)42-19-12-21-45(35-42)56-50-25-9-7-22-47(50)48-33-32-43(36-53(48)56)46-24-13-27-52-54(46)49-23-8-10-26-51(49)55(52)44-20-11-18-41(34-44)38-16-5-2-6-17-38/h1-36H. The van der Waals surface area contributed by atoms with Gasteiger partial charge in [-0.05, 0) is 93.0 Å². The van der Waals surface area contributed by atoms with Crippen LogP contribution in [0, 0.1) is 0 Å². The molecule has 0 N–H and O–H groups in total. The van der Waals surface area contributed by atoms with Crippen molar-refractivity contribution in [1.82, 2.24) is 9.13 Å². The quantitative estimate of drug-likeness (QED) is 0.162. The highest BCUT2D eigenvalue weighted by Gasteiger charge is 2.19. The number of nitrogens with zero attached hydrogens (tertiary/aromatic N) is 2. The summed E-state index contributed by atoms with van der Waals surface area (Å²) in [5.41, 5.74) is 16.8. The van der Waals surface area contributed by atoms with E-state index in [1.807, 2.05) is 0 Å². The van der Waals surface area contributed by atoms with Crippen molar-refractivity contribution in [2.75, 3.05) is 0 Å². The summed E-state index contributed by atoms with van der Waals surface area (Å²) in [6.45, 7) is 0. The molecule has 9 aromatic carbocycles. The Kier molecular flexibility index (Phi) is 7.53. The second kappa shape index (κ2) is 13.2. The first-order valence-corrected chi connectivity index (χ1v) is 19.3. The second-order valence-corrected chi connectivity index (χ2v) is 14.5. The summed E-state index contributed by atoms with van der Waals surface area (Å²) in [5.74, 6) is 0. The van der Waals surface area contributed by atoms with E-state index >= 15 is 0 Å². The Labute approximate surface area is 325 Å². The first-order chi connectivity index (χ1) is 27.8. The van der Waals surface area contributed by atoms with Crippen molar-refractivity contribution in [3.05, 3.63) is 218 Å². The largest absolute Gasteiger partial charge is 0.309 e. The van der Waals surface area contributed by atoms with Gasteiger partial charge in [-0.25, -0.2) is 0 Å². The van der Waals surface area contributed by atoms with Crippen LogP contribution in [0.5, 0.6) is 0 Å². The van der Waals surface area contributed by atoms with Crippen LogP contribution in [0.1, 0.15) is 0 Å². The van der Waals surface area contributed by atoms with E-state index in [0.29, 0.717) is 0 Å². The number of fused-ring (bicyclic) bond motifs is 6. The molecule has 2 aromatic heterocycles. The zero-order chi connectivity index (χ0) is 37.0. The fourth-order valence-corrected chi connectivity index (χ4v) is 8.72. The third-order valence-corrected chi connectivity index (χ3v) is 11.3. The van der Waals surface area contributed by atoms with Crippen LogP contribution in [0.3, 0.4) is 0 Å². The van der Waals surface area contributed by atoms with E-state index in [4.69, 9.17) is 0 Å². The molecule has 2 heterocycles. The van der Waals surface area contributed by atoms with Crippen LogP contribution in [0.25, 0.3) is 99.5 Å². The van der Waals surface area contributed by atoms with E-state index in [0.717, 1.165) is 11.4 Å². The van der Waals surface area contributed by atoms with Crippen molar-refractivity contribution in [2.45, 2.75) is 0 Å². The average Bonchev–Trinajstić information content (AvgIpc) is 3.80. The molecular formula is C54H36N2. The Morgan fingerprint density at radius 3 is 1.32 bits per heavy atom. The number of hydrogen-bond donors (Lipinski definition) is 0. The monoisotopic (exact) mass is 712 g/mol. The average molecular weight is 713 g/mol. The van der Waals surface area contributed by atoms with E-state index in [-0.39, 0.29) is 0 Å². The molecule has 0 spiro atoms. The van der Waals surface area contributed by atoms with Gasteiger partial charge in [0.2, 0.25) is 0 Å². The van der Waals surface area contributed by atoms with Crippen molar-refractivity contribution in [3.8, 4) is 55.9 Å². The van der Waals surface area contributed by atoms with Gasteiger partial charge in [-0.2, -0.15) is 0 Å². The predicted octanol–water partition coefficient (Wildman–Crippen LogP) is 14.5. The fourth-order valence-electron chi connectivity index (χ4n) is 8.72. The highest BCUT2D eigenvalue weighted by molar-refractivity contribution is 6.17. The summed E-state index contributed by atoms with van der Waals surface area (Å²) < 4.78 is 4.86. The van der Waals surface area contributed by atoms with Crippen molar-refractivity contribution >= 4 is 43.6 Å². The van der Waals surface area contributed by atoms with E-state index in [1.54, 1.807) is 0 Å². The van der Waals surface area contributed by atoms with E-state index < -0.39 is 0 Å². The summed E-state index contributed by atoms with van der Waals surface area (Å²) in [7, 11) is 0. The normalized spacial score (nSPS) is 11.6. The number of rotatable bonds is 6. The summed E-state index contributed by atoms with van der Waals surface area (Å²) in [6.07, 6.45) is 0. The van der Waals surface area contributed by atoms with Gasteiger partial charge in [-0.15, -0.1) is 0 Å². The molecule has 2 heteroatoms. The van der Waals surface area contributed by atoms with Crippen LogP contribution in [0.15, 0.2) is 218 Å². The molecule has 262 valence electrons. The molecule has 0 aliphatic rings. The fraction of sp³-hybridized carbons (Fsp3) is 0. The lowest BCUT2D eigenvalue weighted by molar-refractivity contribution is 1.18. The lowest BCUT2D eigenvalue weighted by Crippen LogP contribution is -1.95. The zero-order valence-electron chi connectivity index (χ0n) is 30.7. The van der Waals surface area contributed by atoms with E-state index in [9.17, 15) is 0 Å². The van der Waals surface area contributed by atoms with Crippen molar-refractivity contribution in [1.29, 1.82) is 0 Å². The van der Waals surface area contributed by atoms with Gasteiger partial charge in [0.05, 0.1) is 22.1 Å². The molecule has 0 saturated carbocycles. The maximum absolute atomic E-state index is 2.44. The molecule has 0 aliphatic carbocycles. The molecule has 11 rings (SSSR count). The molecule has 0 radical (unpaired) electrons. The molecule has 0 atom stereocenters. The first-order valence-electron chi connectivity index (χ1n) is 19.3. The molecular weight excluding hydrogens is 677 g/mol. The lowest BCUT2D eigenvalue weighted by atomic mass is 9.98. The minimum atomic E-state index is 1.14. The summed E-state index contributed by atoms with van der Waals surface area (Å²) in [4.78, 5) is 0. The van der Waals surface area contributed by atoms with Gasteiger partial charge in [-0.3, -0.25) is 0 Å². The van der Waals surface area contributed by atoms with Gasteiger partial charge < -0.3 is 9.13 Å². The van der Waals surface area contributed by atoms with Gasteiger partial charge in [0.25, 0.3) is 0 Å². The molecule has 0 bridgehead atoms. The van der Waals surface area contributed by atoms with Gasteiger partial charge >= 0.3 is 0 Å². The van der Waals surface area contributed by atoms with Crippen molar-refractivity contribution in [2.24, 2.45) is 0 Å². The van der Waals surface area contributed by atoms with Gasteiger partial charge in [-0.1, -0.05) is 170 Å². The van der Waals surface area contributed by atoms with Gasteiger partial charge in [0.1, 0.15) is 0 Å². The number of hydrogen-bond acceptors (Lipinski definition) is 0. The maximum atomic E-state index is 2.44. The molecule has 56 heavy (non-hydrogen) atoms. The number of aromatic nitrogens is 2. The Morgan fingerprint density at radius 2 is 0.661 bits per heavy atom. The zero-order valence-corrected chi connectivity index (χ0v) is 30.7. The second-order valence-electron chi connectivity index (χ2n) is 14.5. The highest BCUT2D eigenvalue weighted by Crippen LogP contribution is 2.41. The summed E-state index contributed by atoms with van der Waals surface area (Å²) >= 11 is 0. The third kappa shape index (κ3) is 5.26. The Hall–Kier alpha value is -7.42. The Balaban J connectivity index is 1.07. The minimum Gasteiger partial charge on any atom is -0.309 e. The van der Waals surface area contributed by atoms with Crippen LogP contribution in [-0.4, -0.2) is 9.13 Å². The number of para-hydroxylation sites is 2. The topological polar surface area (TPSA) is 9.86 Å². The molecule has 0 amide bonds. The van der Waals surface area contributed by atoms with Gasteiger partial charge in [0.15, 0.2) is 0 Å². The van der Waals surface area contributed by atoms with Crippen LogP contribution in [0.4, 0.5) is 0 Å². The smallest absolute Gasteiger partial charge is 0.0547 e. The van der Waals surface area contributed by atoms with Crippen LogP contribution in [0.2, 0.25) is 0 Å². The third-order valence-electron chi connectivity index (χ3n) is 11.3. The SMILES string of the molecule is c1ccc(-c2ccc(-c3cccc(-n4c5ccccc5c5ccc(-c6cccc7c6c6ccccc6n7-c6cccc(-c7ccccc7)c6)cc54)c3)cc2)cc1.